The van der Waals surface area contributed by atoms with Crippen molar-refractivity contribution < 1.29 is 0 Å². The number of rotatable bonds is 1. The van der Waals surface area contributed by atoms with Crippen LogP contribution >= 0.6 is 36.9 Å². The molecule has 0 atom stereocenters. The summed E-state index contributed by atoms with van der Waals surface area (Å²) < 4.78 is 0. The van der Waals surface area contributed by atoms with Crippen LogP contribution in [0.2, 0.25) is 5.15 Å². The van der Waals surface area contributed by atoms with Crippen molar-refractivity contribution in [2.24, 2.45) is 0 Å². The molecule has 0 radical (unpaired) electrons. The van der Waals surface area contributed by atoms with E-state index in [0.717, 1.165) is 0 Å². The zero-order chi connectivity index (χ0) is 10.8. The Balaban J connectivity index is 2.49. The van der Waals surface area contributed by atoms with Gasteiger partial charge in [0.25, 0.3) is 0 Å². The highest BCUT2D eigenvalue weighted by Crippen LogP contribution is 2.14. The van der Waals surface area contributed by atoms with E-state index >= 15 is 0 Å². The summed E-state index contributed by atoms with van der Waals surface area (Å²) in [7, 11) is 0. The van der Waals surface area contributed by atoms with Gasteiger partial charge in [-0.25, -0.2) is 19.9 Å². The van der Waals surface area contributed by atoms with Gasteiger partial charge < -0.3 is 0 Å². The molecule has 2 rings (SSSR count). The van der Waals surface area contributed by atoms with Gasteiger partial charge in [0.1, 0.15) is 10.8 Å². The summed E-state index contributed by atoms with van der Waals surface area (Å²) >= 11 is 13.6. The smallest absolute Gasteiger partial charge is 0.189 e. The summed E-state index contributed by atoms with van der Waals surface area (Å²) in [5.41, 5.74) is 0.493. The van der Waals surface area contributed by atoms with Gasteiger partial charge in [0.2, 0.25) is 0 Å². The molecule has 0 unspecified atom stereocenters. The molecule has 76 valence electrons. The number of nitrogens with zero attached hydrogens (tertiary/aromatic N) is 5. The minimum atomic E-state index is 0.279. The summed E-state index contributed by atoms with van der Waals surface area (Å²) in [6.45, 7) is 0. The minimum Gasteiger partial charge on any atom is -0.248 e. The fourth-order valence-electron chi connectivity index (χ4n) is 0.896. The average Bonchev–Trinajstić information content (AvgIpc) is 2.17. The Kier molecular flexibility index (Phi) is 3.03. The average molecular weight is 258 g/mol. The molecule has 0 bridgehead atoms. The highest BCUT2D eigenvalue weighted by Gasteiger charge is 2.06. The fourth-order valence-corrected chi connectivity index (χ4v) is 1.45. The third kappa shape index (κ3) is 2.55. The van der Waals surface area contributed by atoms with Gasteiger partial charge in [0, 0.05) is 0 Å². The molecule has 2 aromatic rings. The van der Waals surface area contributed by atoms with E-state index in [1.165, 1.54) is 12.4 Å². The Hall–Kier alpha value is -0.920. The molecule has 0 saturated heterocycles. The molecular formula is C7H4ClN5S2. The van der Waals surface area contributed by atoms with Crippen LogP contribution in [0.25, 0.3) is 11.5 Å². The third-order valence-electron chi connectivity index (χ3n) is 1.46. The van der Waals surface area contributed by atoms with Crippen LogP contribution in [-0.2, 0) is 0 Å². The van der Waals surface area contributed by atoms with E-state index in [1.807, 2.05) is 0 Å². The predicted octanol–water partition coefficient (Wildman–Crippen LogP) is 1.56. The van der Waals surface area contributed by atoms with Crippen LogP contribution in [0.1, 0.15) is 0 Å². The van der Waals surface area contributed by atoms with Crippen LogP contribution in [0.3, 0.4) is 0 Å². The summed E-state index contributed by atoms with van der Waals surface area (Å²) in [5, 5.41) is 0.869. The van der Waals surface area contributed by atoms with E-state index in [0.29, 0.717) is 16.7 Å². The Morgan fingerprint density at radius 3 is 2.13 bits per heavy atom. The standard InChI is InChI=1S/C7H4ClN5S2/c8-4-2-9-3(1-10-4)5-11-6(14)13-7(15)12-5/h1-2H,(H2,11,12,13,14,15). The Labute approximate surface area is 101 Å². The Morgan fingerprint density at radius 1 is 0.933 bits per heavy atom. The zero-order valence-electron chi connectivity index (χ0n) is 7.16. The van der Waals surface area contributed by atoms with Crippen LogP contribution in [-0.4, -0.2) is 24.9 Å². The normalized spacial score (nSPS) is 10.3. The molecule has 0 N–H and O–H groups in total. The molecule has 0 spiro atoms. The van der Waals surface area contributed by atoms with Gasteiger partial charge in [-0.15, -0.1) is 25.3 Å². The van der Waals surface area contributed by atoms with Gasteiger partial charge in [-0.2, -0.15) is 4.98 Å². The lowest BCUT2D eigenvalue weighted by atomic mass is 10.4. The molecule has 0 amide bonds. The maximum atomic E-state index is 5.60. The molecule has 15 heavy (non-hydrogen) atoms. The fraction of sp³-hybridized carbons (Fsp3) is 0. The van der Waals surface area contributed by atoms with Crippen molar-refractivity contribution in [1.82, 2.24) is 24.9 Å². The number of halogens is 1. The van der Waals surface area contributed by atoms with Gasteiger partial charge >= 0.3 is 0 Å². The second-order valence-electron chi connectivity index (χ2n) is 2.48. The second-order valence-corrected chi connectivity index (χ2v) is 3.67. The first-order valence-corrected chi connectivity index (χ1v) is 5.04. The molecule has 8 heteroatoms. The lowest BCUT2D eigenvalue weighted by Gasteiger charge is -1.99. The minimum absolute atomic E-state index is 0.279. The molecule has 0 aromatic carbocycles. The van der Waals surface area contributed by atoms with E-state index in [9.17, 15) is 0 Å². The van der Waals surface area contributed by atoms with Gasteiger partial charge in [-0.3, -0.25) is 0 Å². The maximum absolute atomic E-state index is 5.60. The molecule has 5 nitrogen and oxygen atoms in total. The van der Waals surface area contributed by atoms with Gasteiger partial charge in [0.15, 0.2) is 16.1 Å². The van der Waals surface area contributed by atoms with Crippen molar-refractivity contribution in [1.29, 1.82) is 0 Å². The molecule has 2 heterocycles. The van der Waals surface area contributed by atoms with Crippen molar-refractivity contribution in [3.05, 3.63) is 17.5 Å². The quantitative estimate of drug-likeness (QED) is 0.759. The lowest BCUT2D eigenvalue weighted by Crippen LogP contribution is -1.97. The summed E-state index contributed by atoms with van der Waals surface area (Å²) in [5.74, 6) is 0.365. The van der Waals surface area contributed by atoms with E-state index in [1.54, 1.807) is 0 Å². The third-order valence-corrected chi connectivity index (χ3v) is 2.06. The molecule has 0 aliphatic carbocycles. The predicted molar refractivity (Wildman–Crippen MR) is 60.4 cm³/mol. The van der Waals surface area contributed by atoms with E-state index in [2.05, 4.69) is 50.2 Å². The van der Waals surface area contributed by atoms with Gasteiger partial charge in [-0.05, 0) is 0 Å². The molecule has 0 aliphatic rings. The van der Waals surface area contributed by atoms with Crippen LogP contribution in [0, 0.1) is 0 Å². The van der Waals surface area contributed by atoms with Crippen LogP contribution in [0.4, 0.5) is 0 Å². The number of aromatic nitrogens is 5. The monoisotopic (exact) mass is 257 g/mol. The Bertz CT molecular complexity index is 469. The molecule has 2 aromatic heterocycles. The first-order valence-electron chi connectivity index (χ1n) is 3.77. The number of thiol groups is 2. The van der Waals surface area contributed by atoms with E-state index in [-0.39, 0.29) is 10.3 Å². The van der Waals surface area contributed by atoms with Gasteiger partial charge in [0.05, 0.1) is 12.4 Å². The van der Waals surface area contributed by atoms with Crippen molar-refractivity contribution in [3.63, 3.8) is 0 Å². The van der Waals surface area contributed by atoms with Crippen molar-refractivity contribution in [2.75, 3.05) is 0 Å². The topological polar surface area (TPSA) is 64.5 Å². The first kappa shape index (κ1) is 10.6. The largest absolute Gasteiger partial charge is 0.248 e. The molecule has 0 saturated carbocycles. The van der Waals surface area contributed by atoms with Crippen LogP contribution in [0.5, 0.6) is 0 Å². The van der Waals surface area contributed by atoms with Crippen LogP contribution in [0.15, 0.2) is 22.7 Å². The summed E-state index contributed by atoms with van der Waals surface area (Å²) in [4.78, 5) is 19.7. The first-order chi connectivity index (χ1) is 7.15. The van der Waals surface area contributed by atoms with Crippen molar-refractivity contribution >= 4 is 36.9 Å². The second kappa shape index (κ2) is 4.30. The van der Waals surface area contributed by atoms with E-state index < -0.39 is 0 Å². The molecule has 0 fully saturated rings. The van der Waals surface area contributed by atoms with Crippen molar-refractivity contribution in [2.45, 2.75) is 10.3 Å². The Morgan fingerprint density at radius 2 is 1.60 bits per heavy atom. The maximum Gasteiger partial charge on any atom is 0.189 e. The molecular weight excluding hydrogens is 254 g/mol. The van der Waals surface area contributed by atoms with Crippen molar-refractivity contribution in [3.8, 4) is 11.5 Å². The highest BCUT2D eigenvalue weighted by molar-refractivity contribution is 7.80. The number of hydrogen-bond donors (Lipinski definition) is 2. The summed E-state index contributed by atoms with van der Waals surface area (Å²) in [6.07, 6.45) is 2.88. The highest BCUT2D eigenvalue weighted by atomic mass is 35.5. The SMILES string of the molecule is Sc1nc(S)nc(-c2cnc(Cl)cn2)n1. The molecule has 0 aliphatic heterocycles. The number of hydrogen-bond acceptors (Lipinski definition) is 7. The van der Waals surface area contributed by atoms with E-state index in [4.69, 9.17) is 11.6 Å². The van der Waals surface area contributed by atoms with Crippen LogP contribution < -0.4 is 0 Å². The summed E-state index contributed by atoms with van der Waals surface area (Å²) in [6, 6.07) is 0. The lowest BCUT2D eigenvalue weighted by molar-refractivity contribution is 0.812. The zero-order valence-corrected chi connectivity index (χ0v) is 9.71. The van der Waals surface area contributed by atoms with Gasteiger partial charge in [-0.1, -0.05) is 11.6 Å².